The highest BCUT2D eigenvalue weighted by Crippen LogP contribution is 2.53. The molecule has 236 valence electrons. The number of hydrogen-bond donors (Lipinski definition) is 0. The molecule has 0 bridgehead atoms. The van der Waals surface area contributed by atoms with Gasteiger partial charge in [-0.1, -0.05) is 103 Å². The van der Waals surface area contributed by atoms with Crippen LogP contribution in [0.5, 0.6) is 0 Å². The predicted octanol–water partition coefficient (Wildman–Crippen LogP) is 14.5. The Morgan fingerprint density at radius 2 is 0.880 bits per heavy atom. The maximum Gasteiger partial charge on any atom is 0.0883 e. The molecule has 0 saturated carbocycles. The Labute approximate surface area is 298 Å². The molecule has 2 nitrogen and oxygen atoms in total. The maximum atomic E-state index is 2.48. The molecule has 0 spiro atoms. The quantitative estimate of drug-likeness (QED) is 0.173. The Morgan fingerprint density at radius 3 is 1.58 bits per heavy atom. The molecular weight excluding hydrogens is 645 g/mol. The van der Waals surface area contributed by atoms with Gasteiger partial charge in [0.15, 0.2) is 0 Å². The highest BCUT2D eigenvalue weighted by Gasteiger charge is 2.26. The summed E-state index contributed by atoms with van der Waals surface area (Å²) in [5.41, 5.74) is 6.74. The molecule has 8 aromatic carbocycles. The van der Waals surface area contributed by atoms with Crippen molar-refractivity contribution in [2.45, 2.75) is 0 Å². The number of fused-ring (bicyclic) bond motifs is 7. The van der Waals surface area contributed by atoms with Gasteiger partial charge in [-0.3, -0.25) is 0 Å². The lowest BCUT2D eigenvalue weighted by Crippen LogP contribution is -2.17. The summed E-state index contributed by atoms with van der Waals surface area (Å²) in [5.74, 6) is 0. The lowest BCUT2D eigenvalue weighted by molar-refractivity contribution is 1.24. The summed E-state index contributed by atoms with van der Waals surface area (Å²) in [7, 11) is 0. The minimum Gasteiger partial charge on any atom is -0.308 e. The van der Waals surface area contributed by atoms with Gasteiger partial charge >= 0.3 is 0 Å². The van der Waals surface area contributed by atoms with Crippen molar-refractivity contribution in [2.75, 3.05) is 9.80 Å². The standard InChI is InChI=1S/C46H30N2S2/c1-4-16-33(17-5-1)47(34-18-6-2-7-19-34)41-26-25-38-39-28-31-14-10-11-15-32(31)29-44(39)50-46(38)45(41)48(35-20-8-3-9-21-35)36-24-27-43-40(30-36)37-22-12-13-23-42(37)49-43/h1-30H. The van der Waals surface area contributed by atoms with Gasteiger partial charge in [-0.15, -0.1) is 22.7 Å². The van der Waals surface area contributed by atoms with E-state index >= 15 is 0 Å². The van der Waals surface area contributed by atoms with Crippen molar-refractivity contribution in [3.8, 4) is 0 Å². The van der Waals surface area contributed by atoms with Crippen LogP contribution in [0.1, 0.15) is 0 Å². The second-order valence-corrected chi connectivity index (χ2v) is 14.7. The summed E-state index contributed by atoms with van der Waals surface area (Å²) < 4.78 is 5.15. The third kappa shape index (κ3) is 4.76. The van der Waals surface area contributed by atoms with Crippen LogP contribution in [0.3, 0.4) is 0 Å². The molecule has 0 atom stereocenters. The summed E-state index contributed by atoms with van der Waals surface area (Å²) in [6.07, 6.45) is 0. The lowest BCUT2D eigenvalue weighted by Gasteiger charge is -2.33. The molecule has 0 unspecified atom stereocenters. The van der Waals surface area contributed by atoms with Crippen LogP contribution in [0.4, 0.5) is 34.1 Å². The number of anilines is 6. The molecule has 4 heteroatoms. The number of rotatable bonds is 6. The molecule has 10 aromatic rings. The van der Waals surface area contributed by atoms with Crippen molar-refractivity contribution in [3.63, 3.8) is 0 Å². The van der Waals surface area contributed by atoms with E-state index in [2.05, 4.69) is 192 Å². The van der Waals surface area contributed by atoms with E-state index in [0.717, 1.165) is 34.1 Å². The molecule has 0 aliphatic rings. The van der Waals surface area contributed by atoms with Crippen molar-refractivity contribution in [1.29, 1.82) is 0 Å². The third-order valence-electron chi connectivity index (χ3n) is 9.59. The van der Waals surface area contributed by atoms with E-state index in [1.165, 1.54) is 51.1 Å². The monoisotopic (exact) mass is 674 g/mol. The fourth-order valence-electron chi connectivity index (χ4n) is 7.32. The number of thiophene rings is 2. The van der Waals surface area contributed by atoms with E-state index in [1.54, 1.807) is 0 Å². The zero-order chi connectivity index (χ0) is 33.0. The molecule has 0 aliphatic carbocycles. The molecule has 0 radical (unpaired) electrons. The Morgan fingerprint density at radius 1 is 0.320 bits per heavy atom. The molecular formula is C46H30N2S2. The van der Waals surface area contributed by atoms with Crippen LogP contribution < -0.4 is 9.80 Å². The largest absolute Gasteiger partial charge is 0.308 e. The van der Waals surface area contributed by atoms with Gasteiger partial charge in [0.05, 0.1) is 16.1 Å². The van der Waals surface area contributed by atoms with E-state index in [9.17, 15) is 0 Å². The first kappa shape index (κ1) is 29.0. The topological polar surface area (TPSA) is 6.48 Å². The molecule has 0 amide bonds. The summed E-state index contributed by atoms with van der Waals surface area (Å²) in [6, 6.07) is 66.2. The molecule has 0 saturated heterocycles. The van der Waals surface area contributed by atoms with Gasteiger partial charge in [0.25, 0.3) is 0 Å². The van der Waals surface area contributed by atoms with Gasteiger partial charge in [0.2, 0.25) is 0 Å². The van der Waals surface area contributed by atoms with Crippen molar-refractivity contribution in [2.24, 2.45) is 0 Å². The first-order valence-electron chi connectivity index (χ1n) is 16.8. The van der Waals surface area contributed by atoms with Crippen LogP contribution >= 0.6 is 22.7 Å². The van der Waals surface area contributed by atoms with Gasteiger partial charge in [-0.25, -0.2) is 0 Å². The Balaban J connectivity index is 1.34. The SMILES string of the molecule is c1ccc(N(c2ccccc2)c2ccc3c(sc4cc5ccccc5cc43)c2N(c2ccccc2)c2ccc3sc4ccccc4c3c2)cc1. The first-order chi connectivity index (χ1) is 24.8. The molecule has 10 rings (SSSR count). The first-order valence-corrected chi connectivity index (χ1v) is 18.5. The number of hydrogen-bond acceptors (Lipinski definition) is 4. The molecule has 2 heterocycles. The van der Waals surface area contributed by atoms with E-state index < -0.39 is 0 Å². The fourth-order valence-corrected chi connectivity index (χ4v) is 9.67. The maximum absolute atomic E-state index is 2.48. The Bertz CT molecular complexity index is 2780. The minimum atomic E-state index is 1.11. The number of para-hydroxylation sites is 3. The number of nitrogens with zero attached hydrogens (tertiary/aromatic N) is 2. The van der Waals surface area contributed by atoms with Crippen LogP contribution in [0.25, 0.3) is 51.1 Å². The van der Waals surface area contributed by atoms with Crippen LogP contribution in [0.15, 0.2) is 182 Å². The second kappa shape index (κ2) is 11.9. The van der Waals surface area contributed by atoms with Gasteiger partial charge in [-0.2, -0.15) is 0 Å². The average Bonchev–Trinajstić information content (AvgIpc) is 3.73. The smallest absolute Gasteiger partial charge is 0.0883 e. The number of benzene rings is 8. The summed E-state index contributed by atoms with van der Waals surface area (Å²) in [5, 5.41) is 7.65. The molecule has 2 aromatic heterocycles. The molecule has 0 aliphatic heterocycles. The van der Waals surface area contributed by atoms with Crippen LogP contribution in [0.2, 0.25) is 0 Å². The summed E-state index contributed by atoms with van der Waals surface area (Å²) >= 11 is 3.74. The van der Waals surface area contributed by atoms with Gasteiger partial charge in [-0.05, 0) is 89.6 Å². The second-order valence-electron chi connectivity index (χ2n) is 12.6. The van der Waals surface area contributed by atoms with Gasteiger partial charge in [0, 0.05) is 58.4 Å². The van der Waals surface area contributed by atoms with Crippen molar-refractivity contribution in [1.82, 2.24) is 0 Å². The van der Waals surface area contributed by atoms with Crippen LogP contribution in [0, 0.1) is 0 Å². The average molecular weight is 675 g/mol. The zero-order valence-electron chi connectivity index (χ0n) is 27.0. The normalized spacial score (nSPS) is 11.6. The summed E-state index contributed by atoms with van der Waals surface area (Å²) in [4.78, 5) is 4.89. The molecule has 0 N–H and O–H groups in total. The third-order valence-corrected chi connectivity index (χ3v) is 11.9. The van der Waals surface area contributed by atoms with Crippen molar-refractivity contribution < 1.29 is 0 Å². The predicted molar refractivity (Wildman–Crippen MR) is 219 cm³/mol. The van der Waals surface area contributed by atoms with Gasteiger partial charge in [0.1, 0.15) is 0 Å². The fraction of sp³-hybridized carbons (Fsp3) is 0. The zero-order valence-corrected chi connectivity index (χ0v) is 28.7. The van der Waals surface area contributed by atoms with Crippen molar-refractivity contribution >= 4 is 108 Å². The van der Waals surface area contributed by atoms with Crippen LogP contribution in [-0.4, -0.2) is 0 Å². The van der Waals surface area contributed by atoms with Crippen molar-refractivity contribution in [3.05, 3.63) is 182 Å². The van der Waals surface area contributed by atoms with E-state index in [1.807, 2.05) is 22.7 Å². The Hall–Kier alpha value is -5.94. The lowest BCUT2D eigenvalue weighted by atomic mass is 10.0. The van der Waals surface area contributed by atoms with E-state index in [4.69, 9.17) is 0 Å². The molecule has 50 heavy (non-hydrogen) atoms. The highest BCUT2D eigenvalue weighted by atomic mass is 32.1. The highest BCUT2D eigenvalue weighted by molar-refractivity contribution is 7.26. The van der Waals surface area contributed by atoms with Crippen LogP contribution in [-0.2, 0) is 0 Å². The molecule has 0 fully saturated rings. The van der Waals surface area contributed by atoms with E-state index in [-0.39, 0.29) is 0 Å². The van der Waals surface area contributed by atoms with E-state index in [0.29, 0.717) is 0 Å². The minimum absolute atomic E-state index is 1.11. The Kier molecular flexibility index (Phi) is 6.90. The summed E-state index contributed by atoms with van der Waals surface area (Å²) in [6.45, 7) is 0. The van der Waals surface area contributed by atoms with Gasteiger partial charge < -0.3 is 9.80 Å².